The summed E-state index contributed by atoms with van der Waals surface area (Å²) in [5, 5.41) is 14.8. The standard InChI is InChI=1S/C15H18N6O/c16-19-18-9-5-11-21-14-17-8-4-10-20(14)12-15(21,22)13-6-2-1-3-7-13/h1-4,6-8,10,14,22H,5,9,11-12H2. The Bertz CT molecular complexity index is 624. The zero-order valence-electron chi connectivity index (χ0n) is 12.2. The van der Waals surface area contributed by atoms with Gasteiger partial charge in [0.05, 0.1) is 6.54 Å². The maximum Gasteiger partial charge on any atom is 0.180 e. The van der Waals surface area contributed by atoms with Crippen molar-refractivity contribution in [2.45, 2.75) is 18.4 Å². The highest BCUT2D eigenvalue weighted by Gasteiger charge is 2.49. The average Bonchev–Trinajstić information content (AvgIpc) is 2.85. The largest absolute Gasteiger partial charge is 0.369 e. The van der Waals surface area contributed by atoms with E-state index in [1.165, 1.54) is 0 Å². The minimum absolute atomic E-state index is 0.221. The van der Waals surface area contributed by atoms with Gasteiger partial charge in [-0.3, -0.25) is 4.99 Å². The molecule has 7 nitrogen and oxygen atoms in total. The lowest BCUT2D eigenvalue weighted by Gasteiger charge is -2.34. The maximum absolute atomic E-state index is 11.3. The molecule has 114 valence electrons. The number of nitrogens with zero attached hydrogens (tertiary/aromatic N) is 6. The molecule has 2 heterocycles. The number of benzene rings is 1. The Balaban J connectivity index is 1.87. The molecule has 0 radical (unpaired) electrons. The molecule has 0 spiro atoms. The normalized spacial score (nSPS) is 26.8. The maximum atomic E-state index is 11.3. The quantitative estimate of drug-likeness (QED) is 0.390. The van der Waals surface area contributed by atoms with Crippen LogP contribution in [0.25, 0.3) is 10.4 Å². The molecular formula is C15H18N6O. The van der Waals surface area contributed by atoms with E-state index in [2.05, 4.69) is 15.0 Å². The monoisotopic (exact) mass is 298 g/mol. The number of allylic oxidation sites excluding steroid dienone is 1. The Morgan fingerprint density at radius 1 is 1.41 bits per heavy atom. The van der Waals surface area contributed by atoms with Crippen molar-refractivity contribution in [1.82, 2.24) is 9.80 Å². The van der Waals surface area contributed by atoms with Gasteiger partial charge in [0.1, 0.15) is 0 Å². The summed E-state index contributed by atoms with van der Waals surface area (Å²) in [6.45, 7) is 1.46. The van der Waals surface area contributed by atoms with Crippen molar-refractivity contribution in [2.24, 2.45) is 10.1 Å². The van der Waals surface area contributed by atoms with E-state index in [-0.39, 0.29) is 6.29 Å². The lowest BCUT2D eigenvalue weighted by molar-refractivity contribution is -0.0912. The molecule has 2 aliphatic heterocycles. The van der Waals surface area contributed by atoms with E-state index in [0.717, 1.165) is 5.56 Å². The first-order valence-electron chi connectivity index (χ1n) is 7.27. The number of hydrogen-bond donors (Lipinski definition) is 1. The molecule has 2 atom stereocenters. The number of fused-ring (bicyclic) bond motifs is 1. The second-order valence-electron chi connectivity index (χ2n) is 5.34. The predicted octanol–water partition coefficient (Wildman–Crippen LogP) is 2.03. The number of rotatable bonds is 5. The summed E-state index contributed by atoms with van der Waals surface area (Å²) in [7, 11) is 0. The molecule has 1 fully saturated rings. The highest BCUT2D eigenvalue weighted by molar-refractivity contribution is 5.72. The first kappa shape index (κ1) is 14.6. The summed E-state index contributed by atoms with van der Waals surface area (Å²) in [5.74, 6) is 0. The Morgan fingerprint density at radius 2 is 2.23 bits per heavy atom. The van der Waals surface area contributed by atoms with Gasteiger partial charge in [-0.1, -0.05) is 35.4 Å². The van der Waals surface area contributed by atoms with E-state index in [0.29, 0.717) is 26.1 Å². The average molecular weight is 298 g/mol. The Morgan fingerprint density at radius 3 is 3.00 bits per heavy atom. The molecular weight excluding hydrogens is 280 g/mol. The highest BCUT2D eigenvalue weighted by atomic mass is 16.3. The minimum atomic E-state index is -1.10. The van der Waals surface area contributed by atoms with Crippen molar-refractivity contribution in [3.63, 3.8) is 0 Å². The third kappa shape index (κ3) is 2.57. The van der Waals surface area contributed by atoms with E-state index in [1.54, 1.807) is 6.21 Å². The van der Waals surface area contributed by atoms with E-state index in [9.17, 15) is 5.11 Å². The molecule has 0 aromatic heterocycles. The summed E-state index contributed by atoms with van der Waals surface area (Å²) >= 11 is 0. The zero-order valence-corrected chi connectivity index (χ0v) is 12.2. The molecule has 2 aliphatic rings. The molecule has 0 bridgehead atoms. The predicted molar refractivity (Wildman–Crippen MR) is 83.8 cm³/mol. The van der Waals surface area contributed by atoms with Gasteiger partial charge in [0.2, 0.25) is 0 Å². The van der Waals surface area contributed by atoms with Crippen LogP contribution in [0.2, 0.25) is 0 Å². The third-order valence-electron chi connectivity index (χ3n) is 3.99. The number of azide groups is 1. The third-order valence-corrected chi connectivity index (χ3v) is 3.99. The van der Waals surface area contributed by atoms with Gasteiger partial charge in [-0.25, -0.2) is 4.90 Å². The zero-order chi connectivity index (χ0) is 15.4. The van der Waals surface area contributed by atoms with Crippen LogP contribution < -0.4 is 0 Å². The molecule has 1 aromatic rings. The van der Waals surface area contributed by atoms with Crippen molar-refractivity contribution in [3.05, 3.63) is 58.6 Å². The van der Waals surface area contributed by atoms with Crippen molar-refractivity contribution in [3.8, 4) is 0 Å². The summed E-state index contributed by atoms with van der Waals surface area (Å²) in [6.07, 6.45) is 6.01. The summed E-state index contributed by atoms with van der Waals surface area (Å²) < 4.78 is 0. The van der Waals surface area contributed by atoms with Gasteiger partial charge >= 0.3 is 0 Å². The van der Waals surface area contributed by atoms with Crippen molar-refractivity contribution < 1.29 is 5.11 Å². The van der Waals surface area contributed by atoms with Gasteiger partial charge < -0.3 is 10.0 Å². The van der Waals surface area contributed by atoms with Crippen molar-refractivity contribution >= 4 is 6.21 Å². The Hall–Kier alpha value is -2.34. The summed E-state index contributed by atoms with van der Waals surface area (Å²) in [4.78, 5) is 11.2. The first-order valence-corrected chi connectivity index (χ1v) is 7.27. The first-order chi connectivity index (χ1) is 10.8. The second-order valence-corrected chi connectivity index (χ2v) is 5.34. The molecule has 3 rings (SSSR count). The second kappa shape index (κ2) is 6.19. The van der Waals surface area contributed by atoms with Gasteiger partial charge in [-0.05, 0) is 18.0 Å². The van der Waals surface area contributed by atoms with Crippen molar-refractivity contribution in [2.75, 3.05) is 19.6 Å². The molecule has 0 amide bonds. The van der Waals surface area contributed by atoms with Crippen LogP contribution in [0, 0.1) is 0 Å². The van der Waals surface area contributed by atoms with Gasteiger partial charge in [0, 0.05) is 36.0 Å². The fourth-order valence-electron chi connectivity index (χ4n) is 2.99. The number of hydrogen-bond acceptors (Lipinski definition) is 5. The summed E-state index contributed by atoms with van der Waals surface area (Å²) in [5.41, 5.74) is 8.12. The fourth-order valence-corrected chi connectivity index (χ4v) is 2.99. The van der Waals surface area contributed by atoms with Crippen LogP contribution >= 0.6 is 0 Å². The lowest BCUT2D eigenvalue weighted by atomic mass is 10.0. The van der Waals surface area contributed by atoms with Crippen LogP contribution in [0.4, 0.5) is 0 Å². The van der Waals surface area contributed by atoms with Gasteiger partial charge in [-0.2, -0.15) is 0 Å². The molecule has 1 saturated heterocycles. The number of aliphatic hydroxyl groups is 1. The Labute approximate surface area is 128 Å². The molecule has 0 aliphatic carbocycles. The Kier molecular flexibility index (Phi) is 4.11. The number of aliphatic imine (C=N–C) groups is 1. The molecule has 0 saturated carbocycles. The van der Waals surface area contributed by atoms with E-state index in [4.69, 9.17) is 5.53 Å². The SMILES string of the molecule is [N-]=[N+]=NCCCN1C2N=CC=CN2CC1(O)c1ccccc1. The molecule has 7 heteroatoms. The van der Waals surface area contributed by atoms with Crippen LogP contribution in [-0.2, 0) is 5.72 Å². The molecule has 22 heavy (non-hydrogen) atoms. The van der Waals surface area contributed by atoms with Crippen LogP contribution in [0.5, 0.6) is 0 Å². The highest BCUT2D eigenvalue weighted by Crippen LogP contribution is 2.37. The van der Waals surface area contributed by atoms with E-state index >= 15 is 0 Å². The molecule has 1 aromatic carbocycles. The minimum Gasteiger partial charge on any atom is -0.369 e. The lowest BCUT2D eigenvalue weighted by Crippen LogP contribution is -2.47. The van der Waals surface area contributed by atoms with Gasteiger partial charge in [-0.15, -0.1) is 0 Å². The van der Waals surface area contributed by atoms with E-state index in [1.807, 2.05) is 52.4 Å². The van der Waals surface area contributed by atoms with Crippen LogP contribution in [-0.4, -0.2) is 47.0 Å². The topological polar surface area (TPSA) is 87.8 Å². The van der Waals surface area contributed by atoms with Gasteiger partial charge in [0.25, 0.3) is 0 Å². The molecule has 1 N–H and O–H groups in total. The van der Waals surface area contributed by atoms with Gasteiger partial charge in [0.15, 0.2) is 12.0 Å². The fraction of sp³-hybridized carbons (Fsp3) is 0.400. The van der Waals surface area contributed by atoms with Crippen LogP contribution in [0.1, 0.15) is 12.0 Å². The van der Waals surface area contributed by atoms with Crippen molar-refractivity contribution in [1.29, 1.82) is 0 Å². The molecule has 2 unspecified atom stereocenters. The van der Waals surface area contributed by atoms with Crippen LogP contribution in [0.3, 0.4) is 0 Å². The summed E-state index contributed by atoms with van der Waals surface area (Å²) in [6, 6.07) is 9.61. The smallest absolute Gasteiger partial charge is 0.180 e. The van der Waals surface area contributed by atoms with Crippen LogP contribution in [0.15, 0.2) is 52.7 Å². The van der Waals surface area contributed by atoms with E-state index < -0.39 is 5.72 Å².